The van der Waals surface area contributed by atoms with E-state index in [9.17, 15) is 4.79 Å². The van der Waals surface area contributed by atoms with Gasteiger partial charge in [0.15, 0.2) is 0 Å². The standard InChI is InChI=1S/C14H20N2O/c1-11-6-8-12(9-7-11)16-14(17)13-5-3-2-4-10-15-13/h6-9,13,15H,2-5,10H2,1H3,(H,16,17)/t13-/m1/s1. The Morgan fingerprint density at radius 3 is 2.76 bits per heavy atom. The molecular weight excluding hydrogens is 212 g/mol. The molecule has 0 unspecified atom stereocenters. The van der Waals surface area contributed by atoms with E-state index in [0.29, 0.717) is 0 Å². The molecular formula is C14H20N2O. The molecule has 0 bridgehead atoms. The number of benzene rings is 1. The van der Waals surface area contributed by atoms with Crippen LogP contribution in [0.2, 0.25) is 0 Å². The molecule has 0 radical (unpaired) electrons. The van der Waals surface area contributed by atoms with Crippen molar-refractivity contribution in [2.45, 2.75) is 38.6 Å². The molecule has 1 fully saturated rings. The number of anilines is 1. The highest BCUT2D eigenvalue weighted by Crippen LogP contribution is 2.12. The minimum atomic E-state index is -0.0289. The number of hydrogen-bond donors (Lipinski definition) is 2. The van der Waals surface area contributed by atoms with E-state index in [1.165, 1.54) is 18.4 Å². The fraction of sp³-hybridized carbons (Fsp3) is 0.500. The smallest absolute Gasteiger partial charge is 0.241 e. The summed E-state index contributed by atoms with van der Waals surface area (Å²) in [4.78, 5) is 12.0. The van der Waals surface area contributed by atoms with Crippen LogP contribution in [0.25, 0.3) is 0 Å². The van der Waals surface area contributed by atoms with Gasteiger partial charge in [-0.1, -0.05) is 30.5 Å². The van der Waals surface area contributed by atoms with E-state index >= 15 is 0 Å². The Hall–Kier alpha value is -1.35. The largest absolute Gasteiger partial charge is 0.325 e. The Balaban J connectivity index is 1.93. The lowest BCUT2D eigenvalue weighted by Gasteiger charge is -2.15. The third-order valence-corrected chi connectivity index (χ3v) is 3.20. The average molecular weight is 232 g/mol. The van der Waals surface area contributed by atoms with Crippen LogP contribution in [0.4, 0.5) is 5.69 Å². The van der Waals surface area contributed by atoms with E-state index < -0.39 is 0 Å². The second-order valence-corrected chi connectivity index (χ2v) is 4.71. The molecule has 0 spiro atoms. The van der Waals surface area contributed by atoms with Crippen molar-refractivity contribution in [3.05, 3.63) is 29.8 Å². The summed E-state index contributed by atoms with van der Waals surface area (Å²) in [6.07, 6.45) is 4.48. The Bertz CT molecular complexity index is 364. The Labute approximate surface area is 103 Å². The van der Waals surface area contributed by atoms with Gasteiger partial charge in [-0.2, -0.15) is 0 Å². The lowest BCUT2D eigenvalue weighted by atomic mass is 10.1. The third kappa shape index (κ3) is 3.56. The lowest BCUT2D eigenvalue weighted by Crippen LogP contribution is -2.39. The second-order valence-electron chi connectivity index (χ2n) is 4.71. The van der Waals surface area contributed by atoms with Crippen LogP contribution in [-0.2, 0) is 4.79 Å². The number of nitrogens with one attached hydrogen (secondary N) is 2. The molecule has 0 aromatic heterocycles. The first-order valence-corrected chi connectivity index (χ1v) is 6.36. The van der Waals surface area contributed by atoms with Crippen molar-refractivity contribution in [1.29, 1.82) is 0 Å². The molecule has 1 heterocycles. The van der Waals surface area contributed by atoms with Crippen molar-refractivity contribution in [2.24, 2.45) is 0 Å². The Kier molecular flexibility index (Phi) is 4.15. The van der Waals surface area contributed by atoms with Gasteiger partial charge in [-0.05, 0) is 38.4 Å². The van der Waals surface area contributed by atoms with Crippen LogP contribution < -0.4 is 10.6 Å². The van der Waals surface area contributed by atoms with Crippen LogP contribution in [0.1, 0.15) is 31.2 Å². The van der Waals surface area contributed by atoms with Gasteiger partial charge < -0.3 is 10.6 Å². The van der Waals surface area contributed by atoms with Gasteiger partial charge >= 0.3 is 0 Å². The average Bonchev–Trinajstić information content (AvgIpc) is 2.61. The van der Waals surface area contributed by atoms with Gasteiger partial charge in [-0.25, -0.2) is 0 Å². The van der Waals surface area contributed by atoms with Crippen molar-refractivity contribution in [3.63, 3.8) is 0 Å². The molecule has 1 aliphatic rings. The molecule has 0 saturated carbocycles. The highest BCUT2D eigenvalue weighted by Gasteiger charge is 2.19. The molecule has 3 nitrogen and oxygen atoms in total. The van der Waals surface area contributed by atoms with Gasteiger partial charge in [0, 0.05) is 5.69 Å². The van der Waals surface area contributed by atoms with E-state index in [2.05, 4.69) is 10.6 Å². The number of hydrogen-bond acceptors (Lipinski definition) is 2. The highest BCUT2D eigenvalue weighted by atomic mass is 16.2. The highest BCUT2D eigenvalue weighted by molar-refractivity contribution is 5.94. The number of carbonyl (C=O) groups excluding carboxylic acids is 1. The summed E-state index contributed by atoms with van der Waals surface area (Å²) in [5.41, 5.74) is 2.09. The molecule has 1 aliphatic heterocycles. The predicted molar refractivity (Wildman–Crippen MR) is 70.1 cm³/mol. The van der Waals surface area contributed by atoms with Crippen LogP contribution in [0.15, 0.2) is 24.3 Å². The van der Waals surface area contributed by atoms with Crippen molar-refractivity contribution < 1.29 is 4.79 Å². The van der Waals surface area contributed by atoms with Gasteiger partial charge in [0.25, 0.3) is 0 Å². The van der Waals surface area contributed by atoms with Crippen LogP contribution in [0, 0.1) is 6.92 Å². The summed E-state index contributed by atoms with van der Waals surface area (Å²) in [7, 11) is 0. The maximum absolute atomic E-state index is 12.0. The minimum absolute atomic E-state index is 0.0289. The first-order chi connectivity index (χ1) is 8.25. The maximum atomic E-state index is 12.0. The zero-order valence-electron chi connectivity index (χ0n) is 10.3. The van der Waals surface area contributed by atoms with Gasteiger partial charge in [-0.15, -0.1) is 0 Å². The van der Waals surface area contributed by atoms with Gasteiger partial charge in [-0.3, -0.25) is 4.79 Å². The quantitative estimate of drug-likeness (QED) is 0.822. The normalized spacial score (nSPS) is 20.6. The topological polar surface area (TPSA) is 41.1 Å². The van der Waals surface area contributed by atoms with Gasteiger partial charge in [0.2, 0.25) is 5.91 Å². The van der Waals surface area contributed by atoms with Crippen molar-refractivity contribution >= 4 is 11.6 Å². The first-order valence-electron chi connectivity index (χ1n) is 6.36. The molecule has 92 valence electrons. The molecule has 1 saturated heterocycles. The third-order valence-electron chi connectivity index (χ3n) is 3.20. The molecule has 17 heavy (non-hydrogen) atoms. The molecule has 3 heteroatoms. The summed E-state index contributed by atoms with van der Waals surface area (Å²) in [5.74, 6) is 0.0933. The summed E-state index contributed by atoms with van der Waals surface area (Å²) < 4.78 is 0. The molecule has 1 aromatic rings. The summed E-state index contributed by atoms with van der Waals surface area (Å²) in [6.45, 7) is 2.99. The monoisotopic (exact) mass is 232 g/mol. The van der Waals surface area contributed by atoms with Crippen LogP contribution >= 0.6 is 0 Å². The van der Waals surface area contributed by atoms with Gasteiger partial charge in [0.1, 0.15) is 0 Å². The Morgan fingerprint density at radius 2 is 2.00 bits per heavy atom. The first kappa shape index (κ1) is 12.1. The number of amides is 1. The number of carbonyl (C=O) groups is 1. The number of rotatable bonds is 2. The van der Waals surface area contributed by atoms with E-state index in [0.717, 1.165) is 25.1 Å². The van der Waals surface area contributed by atoms with Gasteiger partial charge in [0.05, 0.1) is 6.04 Å². The molecule has 0 aliphatic carbocycles. The zero-order chi connectivity index (χ0) is 12.1. The van der Waals surface area contributed by atoms with Crippen molar-refractivity contribution in [2.75, 3.05) is 11.9 Å². The van der Waals surface area contributed by atoms with E-state index in [1.807, 2.05) is 31.2 Å². The predicted octanol–water partition coefficient (Wildman–Crippen LogP) is 2.47. The fourth-order valence-corrected chi connectivity index (χ4v) is 2.12. The van der Waals surface area contributed by atoms with Crippen molar-refractivity contribution in [3.8, 4) is 0 Å². The summed E-state index contributed by atoms with van der Waals surface area (Å²) in [5, 5.41) is 6.27. The molecule has 2 rings (SSSR count). The van der Waals surface area contributed by atoms with Crippen molar-refractivity contribution in [1.82, 2.24) is 5.32 Å². The van der Waals surface area contributed by atoms with E-state index in [-0.39, 0.29) is 11.9 Å². The molecule has 2 N–H and O–H groups in total. The van der Waals surface area contributed by atoms with Crippen LogP contribution in [0.5, 0.6) is 0 Å². The molecule has 1 amide bonds. The minimum Gasteiger partial charge on any atom is -0.325 e. The Morgan fingerprint density at radius 1 is 1.24 bits per heavy atom. The summed E-state index contributed by atoms with van der Waals surface area (Å²) >= 11 is 0. The molecule has 1 aromatic carbocycles. The van der Waals surface area contributed by atoms with E-state index in [4.69, 9.17) is 0 Å². The lowest BCUT2D eigenvalue weighted by molar-refractivity contribution is -0.118. The second kappa shape index (κ2) is 5.82. The maximum Gasteiger partial charge on any atom is 0.241 e. The van der Waals surface area contributed by atoms with E-state index in [1.54, 1.807) is 0 Å². The summed E-state index contributed by atoms with van der Waals surface area (Å²) in [6, 6.07) is 7.89. The SMILES string of the molecule is Cc1ccc(NC(=O)[C@H]2CCCCCN2)cc1. The van der Waals surface area contributed by atoms with Crippen LogP contribution in [-0.4, -0.2) is 18.5 Å². The fourth-order valence-electron chi connectivity index (χ4n) is 2.12. The molecule has 1 atom stereocenters. The van der Waals surface area contributed by atoms with Crippen LogP contribution in [0.3, 0.4) is 0 Å². The number of aryl methyl sites for hydroxylation is 1. The zero-order valence-corrected chi connectivity index (χ0v) is 10.3.